The fourth-order valence-electron chi connectivity index (χ4n) is 4.47. The Bertz CT molecular complexity index is 1300. The summed E-state index contributed by atoms with van der Waals surface area (Å²) in [6.07, 6.45) is 1.99. The van der Waals surface area contributed by atoms with Crippen LogP contribution in [0.25, 0.3) is 11.1 Å². The fourth-order valence-corrected chi connectivity index (χ4v) is 5.10. The number of sulfone groups is 1. The number of benzene rings is 3. The van der Waals surface area contributed by atoms with Gasteiger partial charge in [0.15, 0.2) is 9.84 Å². The number of rotatable bonds is 5. The Morgan fingerprint density at radius 2 is 1.23 bits per heavy atom. The van der Waals surface area contributed by atoms with Crippen LogP contribution in [0.1, 0.15) is 82.7 Å². The monoisotopic (exact) mass is 490 g/mol. The highest BCUT2D eigenvalue weighted by Crippen LogP contribution is 2.43. The van der Waals surface area contributed by atoms with Crippen molar-refractivity contribution in [3.05, 3.63) is 94.5 Å². The average molecular weight is 491 g/mol. The van der Waals surface area contributed by atoms with Gasteiger partial charge in [0.25, 0.3) is 0 Å². The van der Waals surface area contributed by atoms with E-state index in [-0.39, 0.29) is 10.8 Å². The molecule has 0 aliphatic rings. The van der Waals surface area contributed by atoms with Crippen molar-refractivity contribution in [1.29, 1.82) is 0 Å². The third kappa shape index (κ3) is 5.87. The van der Waals surface area contributed by atoms with Gasteiger partial charge in [-0.05, 0) is 69.4 Å². The van der Waals surface area contributed by atoms with Gasteiger partial charge in [0.2, 0.25) is 0 Å². The zero-order valence-electron chi connectivity index (χ0n) is 22.2. The number of allylic oxidation sites excluding steroid dienone is 1. The van der Waals surface area contributed by atoms with Gasteiger partial charge in [-0.3, -0.25) is 0 Å². The smallest absolute Gasteiger partial charge is 0.175 e. The van der Waals surface area contributed by atoms with Crippen molar-refractivity contribution in [2.75, 3.05) is 6.26 Å². The molecular formula is C31H38O3S. The summed E-state index contributed by atoms with van der Waals surface area (Å²) in [5.74, 6) is 0.358. The minimum Gasteiger partial charge on any atom is -0.507 e. The molecule has 1 N–H and O–H groups in total. The van der Waals surface area contributed by atoms with Gasteiger partial charge in [-0.15, -0.1) is 0 Å². The summed E-state index contributed by atoms with van der Waals surface area (Å²) < 4.78 is 24.0. The van der Waals surface area contributed by atoms with E-state index in [4.69, 9.17) is 0 Å². The molecule has 0 unspecified atom stereocenters. The van der Waals surface area contributed by atoms with Crippen molar-refractivity contribution in [3.8, 4) is 5.75 Å². The maximum Gasteiger partial charge on any atom is 0.175 e. The summed E-state index contributed by atoms with van der Waals surface area (Å²) in [7, 11) is -3.27. The number of hydrogen-bond donors (Lipinski definition) is 1. The van der Waals surface area contributed by atoms with Crippen LogP contribution in [0.3, 0.4) is 0 Å². The van der Waals surface area contributed by atoms with Crippen LogP contribution >= 0.6 is 0 Å². The molecule has 35 heavy (non-hydrogen) atoms. The van der Waals surface area contributed by atoms with Crippen LogP contribution in [0.4, 0.5) is 0 Å². The van der Waals surface area contributed by atoms with Crippen LogP contribution in [0.5, 0.6) is 5.75 Å². The van der Waals surface area contributed by atoms with Gasteiger partial charge in [-0.25, -0.2) is 8.42 Å². The van der Waals surface area contributed by atoms with Gasteiger partial charge in [0, 0.05) is 17.4 Å². The second kappa shape index (κ2) is 9.66. The van der Waals surface area contributed by atoms with Crippen molar-refractivity contribution in [1.82, 2.24) is 0 Å². The Kier molecular flexibility index (Phi) is 7.38. The quantitative estimate of drug-likeness (QED) is 0.372. The Hall–Kier alpha value is -2.85. The third-order valence-corrected chi connectivity index (χ3v) is 7.49. The van der Waals surface area contributed by atoms with Crippen molar-refractivity contribution >= 4 is 21.0 Å². The molecular weight excluding hydrogens is 452 g/mol. The third-order valence-electron chi connectivity index (χ3n) is 6.36. The van der Waals surface area contributed by atoms with E-state index in [9.17, 15) is 13.5 Å². The first-order valence-corrected chi connectivity index (χ1v) is 14.0. The van der Waals surface area contributed by atoms with E-state index < -0.39 is 9.84 Å². The molecule has 0 aliphatic carbocycles. The molecule has 0 fully saturated rings. The molecule has 0 bridgehead atoms. The molecule has 0 spiro atoms. The van der Waals surface area contributed by atoms with E-state index in [0.29, 0.717) is 10.6 Å². The predicted octanol–water partition coefficient (Wildman–Crippen LogP) is 7.76. The van der Waals surface area contributed by atoms with Gasteiger partial charge in [0.1, 0.15) is 5.75 Å². The summed E-state index contributed by atoms with van der Waals surface area (Å²) in [6, 6.07) is 21.7. The second-order valence-corrected chi connectivity index (χ2v) is 13.3. The summed E-state index contributed by atoms with van der Waals surface area (Å²) in [4.78, 5) is 0.313. The highest BCUT2D eigenvalue weighted by Gasteiger charge is 2.28. The van der Waals surface area contributed by atoms with E-state index in [2.05, 4.69) is 72.7 Å². The number of hydrogen-bond acceptors (Lipinski definition) is 3. The Balaban J connectivity index is 2.43. The molecule has 3 rings (SSSR count). The number of aromatic hydroxyl groups is 1. The molecule has 0 aromatic heterocycles. The van der Waals surface area contributed by atoms with Gasteiger partial charge in [-0.2, -0.15) is 0 Å². The van der Waals surface area contributed by atoms with E-state index in [1.807, 2.05) is 30.3 Å². The predicted molar refractivity (Wildman–Crippen MR) is 148 cm³/mol. The maximum atomic E-state index is 12.0. The Labute approximate surface area is 211 Å². The molecule has 0 aliphatic heterocycles. The molecule has 4 heteroatoms. The average Bonchev–Trinajstić information content (AvgIpc) is 2.76. The van der Waals surface area contributed by atoms with Crippen molar-refractivity contribution < 1.29 is 13.5 Å². The van der Waals surface area contributed by atoms with Crippen molar-refractivity contribution in [2.45, 2.75) is 70.6 Å². The molecule has 0 saturated heterocycles. The van der Waals surface area contributed by atoms with Gasteiger partial charge in [-0.1, -0.05) is 90.9 Å². The van der Waals surface area contributed by atoms with Crippen LogP contribution in [0.15, 0.2) is 71.6 Å². The fraction of sp³-hybridized carbons (Fsp3) is 0.355. The highest BCUT2D eigenvalue weighted by atomic mass is 32.2. The zero-order chi connectivity index (χ0) is 26.2. The summed E-state index contributed by atoms with van der Waals surface area (Å²) >= 11 is 0. The lowest BCUT2D eigenvalue weighted by molar-refractivity contribution is 0.423. The number of phenols is 1. The minimum atomic E-state index is -3.27. The van der Waals surface area contributed by atoms with E-state index >= 15 is 0 Å². The standard InChI is InChI=1S/C31H38O3S/c1-9-25(21-15-17-24(18-16-21)35(8,33)34)28(22-13-11-10-12-14-22)23-19-26(30(2,3)4)29(32)27(20-23)31(5,6)7/h10-20,32H,9H2,1-8H3/b28-25-. The lowest BCUT2D eigenvalue weighted by Gasteiger charge is -2.29. The Morgan fingerprint density at radius 3 is 1.63 bits per heavy atom. The zero-order valence-corrected chi connectivity index (χ0v) is 23.0. The maximum absolute atomic E-state index is 12.0. The molecule has 0 radical (unpaired) electrons. The summed E-state index contributed by atoms with van der Waals surface area (Å²) in [6.45, 7) is 14.8. The van der Waals surface area contributed by atoms with Gasteiger partial charge >= 0.3 is 0 Å². The SMILES string of the molecule is CC/C(=C(\c1ccccc1)c1cc(C(C)(C)C)c(O)c(C(C)(C)C)c1)c1ccc(S(C)(=O)=O)cc1. The van der Waals surface area contributed by atoms with Crippen LogP contribution < -0.4 is 0 Å². The van der Waals surface area contributed by atoms with Crippen LogP contribution in [0, 0.1) is 0 Å². The second-order valence-electron chi connectivity index (χ2n) is 11.3. The molecule has 0 amide bonds. The first kappa shape index (κ1) is 26.7. The molecule has 0 heterocycles. The number of phenolic OH excluding ortho intramolecular Hbond substituents is 1. The first-order chi connectivity index (χ1) is 16.1. The minimum absolute atomic E-state index is 0.245. The van der Waals surface area contributed by atoms with Crippen LogP contribution in [0.2, 0.25) is 0 Å². The molecule has 3 nitrogen and oxygen atoms in total. The van der Waals surface area contributed by atoms with Crippen LogP contribution in [-0.4, -0.2) is 19.8 Å². The van der Waals surface area contributed by atoms with Crippen molar-refractivity contribution in [2.24, 2.45) is 0 Å². The molecule has 186 valence electrons. The highest BCUT2D eigenvalue weighted by molar-refractivity contribution is 7.90. The van der Waals surface area contributed by atoms with Gasteiger partial charge < -0.3 is 5.11 Å². The van der Waals surface area contributed by atoms with E-state index in [0.717, 1.165) is 45.4 Å². The molecule has 0 saturated carbocycles. The Morgan fingerprint density at radius 1 is 0.743 bits per heavy atom. The topological polar surface area (TPSA) is 54.4 Å². The lowest BCUT2D eigenvalue weighted by atomic mass is 9.76. The van der Waals surface area contributed by atoms with Crippen LogP contribution in [-0.2, 0) is 20.7 Å². The molecule has 0 atom stereocenters. The van der Waals surface area contributed by atoms with E-state index in [1.165, 1.54) is 6.26 Å². The van der Waals surface area contributed by atoms with Gasteiger partial charge in [0.05, 0.1) is 4.90 Å². The van der Waals surface area contributed by atoms with E-state index in [1.54, 1.807) is 12.1 Å². The lowest BCUT2D eigenvalue weighted by Crippen LogP contribution is -2.18. The molecule has 3 aromatic rings. The van der Waals surface area contributed by atoms with Crippen molar-refractivity contribution in [3.63, 3.8) is 0 Å². The summed E-state index contributed by atoms with van der Waals surface area (Å²) in [5, 5.41) is 11.3. The largest absolute Gasteiger partial charge is 0.507 e. The first-order valence-electron chi connectivity index (χ1n) is 12.1. The summed E-state index contributed by atoms with van der Waals surface area (Å²) in [5.41, 5.74) is 6.68. The molecule has 3 aromatic carbocycles. The normalized spacial score (nSPS) is 13.5.